The van der Waals surface area contributed by atoms with Gasteiger partial charge >= 0.3 is 5.97 Å². The molecule has 0 amide bonds. The number of rotatable bonds is 9. The van der Waals surface area contributed by atoms with Gasteiger partial charge in [-0.15, -0.1) is 0 Å². The summed E-state index contributed by atoms with van der Waals surface area (Å²) >= 11 is 0. The predicted octanol–water partition coefficient (Wildman–Crippen LogP) is 4.36. The summed E-state index contributed by atoms with van der Waals surface area (Å²) < 4.78 is 29.3. The maximum Gasteiger partial charge on any atom is 0.303 e. The molecule has 2 saturated carbocycles. The van der Waals surface area contributed by atoms with E-state index in [1.807, 2.05) is 12.1 Å². The van der Waals surface area contributed by atoms with Crippen LogP contribution < -0.4 is 4.72 Å². The molecular weight excluding hydrogens is 374 g/mol. The number of hydrogen-bond donors (Lipinski definition) is 2. The van der Waals surface area contributed by atoms with Gasteiger partial charge in [0.25, 0.3) is 0 Å². The van der Waals surface area contributed by atoms with Crippen LogP contribution in [0.5, 0.6) is 0 Å². The molecule has 0 heterocycles. The fourth-order valence-electron chi connectivity index (χ4n) is 5.35. The molecule has 0 saturated heterocycles. The molecule has 3 atom stereocenters. The lowest BCUT2D eigenvalue weighted by molar-refractivity contribution is -0.137. The first-order valence-corrected chi connectivity index (χ1v) is 11.6. The number of benzene rings is 1. The average Bonchev–Trinajstić information content (AvgIpc) is 2.99. The van der Waals surface area contributed by atoms with E-state index in [0.717, 1.165) is 32.1 Å². The van der Waals surface area contributed by atoms with Gasteiger partial charge in [0.2, 0.25) is 10.0 Å². The number of allylic oxidation sites excluding steroid dienone is 2. The smallest absolute Gasteiger partial charge is 0.303 e. The number of aliphatic carboxylic acids is 1. The Morgan fingerprint density at radius 1 is 1.25 bits per heavy atom. The topological polar surface area (TPSA) is 83.5 Å². The monoisotopic (exact) mass is 405 g/mol. The zero-order valence-corrected chi connectivity index (χ0v) is 17.5. The molecule has 2 bridgehead atoms. The van der Waals surface area contributed by atoms with Crippen molar-refractivity contribution in [2.75, 3.05) is 0 Å². The number of unbranched alkanes of at least 4 members (excludes halogenated alkanes) is 1. The molecule has 2 aliphatic carbocycles. The van der Waals surface area contributed by atoms with Crippen molar-refractivity contribution in [2.24, 2.45) is 17.3 Å². The van der Waals surface area contributed by atoms with Crippen molar-refractivity contribution in [1.82, 2.24) is 4.72 Å². The van der Waals surface area contributed by atoms with Gasteiger partial charge in [-0.1, -0.05) is 44.2 Å². The van der Waals surface area contributed by atoms with Gasteiger partial charge in [0, 0.05) is 12.0 Å². The van der Waals surface area contributed by atoms with Crippen LogP contribution in [0.4, 0.5) is 0 Å². The van der Waals surface area contributed by atoms with Gasteiger partial charge in [0.15, 0.2) is 0 Å². The summed E-state index contributed by atoms with van der Waals surface area (Å²) in [5.41, 5.74) is -0.519. The van der Waals surface area contributed by atoms with Crippen LogP contribution in [0.15, 0.2) is 47.4 Å². The largest absolute Gasteiger partial charge is 0.481 e. The minimum absolute atomic E-state index is 0.0866. The van der Waals surface area contributed by atoms with Crippen LogP contribution >= 0.6 is 0 Å². The summed E-state index contributed by atoms with van der Waals surface area (Å²) in [5, 5.41) is 8.72. The normalized spacial score (nSPS) is 28.8. The molecule has 5 nitrogen and oxygen atoms in total. The summed E-state index contributed by atoms with van der Waals surface area (Å²) in [6.07, 6.45) is 9.50. The Kier molecular flexibility index (Phi) is 6.01. The molecule has 154 valence electrons. The second-order valence-electron chi connectivity index (χ2n) is 8.77. The van der Waals surface area contributed by atoms with Gasteiger partial charge in [0.1, 0.15) is 0 Å². The lowest BCUT2D eigenvalue weighted by Crippen LogP contribution is -2.57. The van der Waals surface area contributed by atoms with E-state index in [-0.39, 0.29) is 17.8 Å². The number of carboxylic acid groups (broad SMARTS) is 1. The third-order valence-electron chi connectivity index (χ3n) is 7.04. The Morgan fingerprint density at radius 3 is 2.61 bits per heavy atom. The van der Waals surface area contributed by atoms with Crippen LogP contribution in [0.1, 0.15) is 58.8 Å². The van der Waals surface area contributed by atoms with Gasteiger partial charge < -0.3 is 5.11 Å². The van der Waals surface area contributed by atoms with Gasteiger partial charge in [-0.25, -0.2) is 13.1 Å². The van der Waals surface area contributed by atoms with Gasteiger partial charge in [-0.2, -0.15) is 0 Å². The summed E-state index contributed by atoms with van der Waals surface area (Å²) in [4.78, 5) is 10.9. The van der Waals surface area contributed by atoms with E-state index in [9.17, 15) is 13.2 Å². The molecule has 2 N–H and O–H groups in total. The van der Waals surface area contributed by atoms with Crippen molar-refractivity contribution < 1.29 is 18.3 Å². The van der Waals surface area contributed by atoms with E-state index in [4.69, 9.17) is 5.11 Å². The maximum absolute atomic E-state index is 13.1. The van der Waals surface area contributed by atoms with E-state index in [1.54, 1.807) is 24.3 Å². The second-order valence-corrected chi connectivity index (χ2v) is 10.5. The van der Waals surface area contributed by atoms with Gasteiger partial charge in [-0.05, 0) is 67.9 Å². The highest BCUT2D eigenvalue weighted by molar-refractivity contribution is 7.89. The van der Waals surface area contributed by atoms with Gasteiger partial charge in [0.05, 0.1) is 4.90 Å². The van der Waals surface area contributed by atoms with Crippen LogP contribution in [-0.2, 0) is 14.8 Å². The van der Waals surface area contributed by atoms with Crippen molar-refractivity contribution >= 4 is 16.0 Å². The standard InChI is InChI=1S/C22H31NO4S/c1-21(2)17-14-15-22(21,23-28(26,27)19-11-7-5-8-12-19)18(16-17)10-6-3-4-9-13-20(24)25/h3,5-8,11-12,17-18,23H,4,9-10,13-16H2,1-2H3,(H,24,25)/b6-3-/t17-,18-,22+/m0/s1. The molecule has 28 heavy (non-hydrogen) atoms. The molecule has 0 aliphatic heterocycles. The summed E-state index contributed by atoms with van der Waals surface area (Å²) in [5.74, 6) is 0.0179. The Morgan fingerprint density at radius 2 is 1.96 bits per heavy atom. The first-order chi connectivity index (χ1) is 13.2. The Balaban J connectivity index is 1.75. The summed E-state index contributed by atoms with van der Waals surface area (Å²) in [6.45, 7) is 4.41. The third kappa shape index (κ3) is 3.90. The molecule has 3 rings (SSSR count). The zero-order chi connectivity index (χ0) is 20.4. The number of fused-ring (bicyclic) bond motifs is 2. The molecule has 0 radical (unpaired) electrons. The van der Waals surface area contributed by atoms with Crippen LogP contribution in [0.2, 0.25) is 0 Å². The lowest BCUT2D eigenvalue weighted by atomic mass is 9.72. The van der Waals surface area contributed by atoms with Crippen molar-refractivity contribution in [2.45, 2.75) is 69.2 Å². The number of hydrogen-bond acceptors (Lipinski definition) is 3. The van der Waals surface area contributed by atoms with Crippen molar-refractivity contribution in [3.8, 4) is 0 Å². The van der Waals surface area contributed by atoms with E-state index in [2.05, 4.69) is 24.6 Å². The first kappa shape index (κ1) is 21.1. The number of nitrogens with one attached hydrogen (secondary N) is 1. The highest BCUT2D eigenvalue weighted by atomic mass is 32.2. The first-order valence-electron chi connectivity index (χ1n) is 10.1. The minimum atomic E-state index is -3.58. The summed E-state index contributed by atoms with van der Waals surface area (Å²) in [7, 11) is -3.58. The van der Waals surface area contributed by atoms with Crippen molar-refractivity contribution in [1.29, 1.82) is 0 Å². The van der Waals surface area contributed by atoms with E-state index in [0.29, 0.717) is 17.2 Å². The van der Waals surface area contributed by atoms with Gasteiger partial charge in [-0.3, -0.25) is 4.79 Å². The SMILES string of the molecule is CC1(C)[C@H]2CC[C@@]1(NS(=O)(=O)c1ccccc1)[C@@H](C/C=C\CCCC(=O)O)C2. The van der Waals surface area contributed by atoms with Crippen LogP contribution in [0.3, 0.4) is 0 Å². The fourth-order valence-corrected chi connectivity index (χ4v) is 6.99. The molecule has 2 aliphatic rings. The molecule has 0 aromatic heterocycles. The number of carbonyl (C=O) groups is 1. The molecule has 0 spiro atoms. The fraction of sp³-hybridized carbons (Fsp3) is 0.591. The lowest BCUT2D eigenvalue weighted by Gasteiger charge is -2.43. The predicted molar refractivity (Wildman–Crippen MR) is 109 cm³/mol. The minimum Gasteiger partial charge on any atom is -0.481 e. The van der Waals surface area contributed by atoms with Crippen LogP contribution in [-0.4, -0.2) is 25.0 Å². The molecule has 0 unspecified atom stereocenters. The molecule has 1 aromatic rings. The average molecular weight is 406 g/mol. The van der Waals surface area contributed by atoms with Crippen LogP contribution in [0, 0.1) is 17.3 Å². The van der Waals surface area contributed by atoms with Crippen molar-refractivity contribution in [3.63, 3.8) is 0 Å². The van der Waals surface area contributed by atoms with Crippen LogP contribution in [0.25, 0.3) is 0 Å². The third-order valence-corrected chi connectivity index (χ3v) is 8.57. The molecular formula is C22H31NO4S. The van der Waals surface area contributed by atoms with Crippen molar-refractivity contribution in [3.05, 3.63) is 42.5 Å². The highest BCUT2D eigenvalue weighted by Gasteiger charge is 2.64. The highest BCUT2D eigenvalue weighted by Crippen LogP contribution is 2.64. The second kappa shape index (κ2) is 7.99. The maximum atomic E-state index is 13.1. The Hall–Kier alpha value is -1.66. The summed E-state index contributed by atoms with van der Waals surface area (Å²) in [6, 6.07) is 8.61. The molecule has 2 fully saturated rings. The van der Waals surface area contributed by atoms with E-state index in [1.165, 1.54) is 0 Å². The molecule has 6 heteroatoms. The Labute approximate surface area is 168 Å². The zero-order valence-electron chi connectivity index (χ0n) is 16.7. The quantitative estimate of drug-likeness (QED) is 0.472. The number of sulfonamides is 1. The number of carboxylic acids is 1. The Bertz CT molecular complexity index is 831. The van der Waals surface area contributed by atoms with E-state index < -0.39 is 21.5 Å². The molecule has 1 aromatic carbocycles. The van der Waals surface area contributed by atoms with E-state index >= 15 is 0 Å².